The number of nitrogens with zero attached hydrogens (tertiary/aromatic N) is 3. The zero-order chi connectivity index (χ0) is 21.4. The van der Waals surface area contributed by atoms with Crippen LogP contribution in [0.1, 0.15) is 15.9 Å². The van der Waals surface area contributed by atoms with Gasteiger partial charge in [0.25, 0.3) is 5.91 Å². The molecular weight excluding hydrogens is 394 g/mol. The molecule has 1 atom stereocenters. The summed E-state index contributed by atoms with van der Waals surface area (Å²) in [5.41, 5.74) is 2.19. The van der Waals surface area contributed by atoms with Crippen LogP contribution in [0.25, 0.3) is 10.9 Å². The van der Waals surface area contributed by atoms with Crippen molar-refractivity contribution in [2.24, 2.45) is 0 Å². The zero-order valence-electron chi connectivity index (χ0n) is 17.4. The Morgan fingerprint density at radius 1 is 1.23 bits per heavy atom. The summed E-state index contributed by atoms with van der Waals surface area (Å²) in [4.78, 5) is 36.7. The van der Waals surface area contributed by atoms with E-state index in [2.05, 4.69) is 15.3 Å². The van der Waals surface area contributed by atoms with Gasteiger partial charge in [-0.05, 0) is 24.7 Å². The van der Waals surface area contributed by atoms with Gasteiger partial charge in [0.2, 0.25) is 5.91 Å². The number of carbonyl (C=O) groups is 2. The summed E-state index contributed by atoms with van der Waals surface area (Å²) < 4.78 is 6.13. The fraction of sp³-hybridized carbons (Fsp3) is 0.348. The molecule has 0 saturated carbocycles. The van der Waals surface area contributed by atoms with Crippen LogP contribution in [-0.4, -0.2) is 76.5 Å². The van der Waals surface area contributed by atoms with E-state index in [9.17, 15) is 9.59 Å². The van der Waals surface area contributed by atoms with Gasteiger partial charge in [0, 0.05) is 42.6 Å². The van der Waals surface area contributed by atoms with Crippen molar-refractivity contribution in [3.8, 4) is 0 Å². The highest BCUT2D eigenvalue weighted by Gasteiger charge is 2.51. The molecular formula is C23H25N5O3. The topological polar surface area (TPSA) is 90.6 Å². The molecule has 0 bridgehead atoms. The summed E-state index contributed by atoms with van der Waals surface area (Å²) in [5, 5.41) is 3.89. The Hall–Kier alpha value is -3.23. The molecule has 5 rings (SSSR count). The molecule has 2 N–H and O–H groups in total. The first-order valence-electron chi connectivity index (χ1n) is 10.4. The number of amides is 2. The van der Waals surface area contributed by atoms with Gasteiger partial charge in [0.15, 0.2) is 0 Å². The molecule has 1 aromatic carbocycles. The highest BCUT2D eigenvalue weighted by atomic mass is 16.5. The number of hydrogen-bond acceptors (Lipinski definition) is 5. The second-order valence-corrected chi connectivity index (χ2v) is 8.41. The summed E-state index contributed by atoms with van der Waals surface area (Å²) in [6.07, 6.45) is 5.22. The fourth-order valence-corrected chi connectivity index (χ4v) is 4.48. The quantitative estimate of drug-likeness (QED) is 0.667. The lowest BCUT2D eigenvalue weighted by Gasteiger charge is -2.54. The van der Waals surface area contributed by atoms with Crippen molar-refractivity contribution >= 4 is 22.7 Å². The number of rotatable bonds is 4. The van der Waals surface area contributed by atoms with Crippen LogP contribution in [0.3, 0.4) is 0 Å². The molecule has 2 aromatic heterocycles. The van der Waals surface area contributed by atoms with Crippen molar-refractivity contribution in [2.75, 3.05) is 33.3 Å². The molecule has 3 aromatic rings. The van der Waals surface area contributed by atoms with Gasteiger partial charge in [0.05, 0.1) is 25.3 Å². The van der Waals surface area contributed by atoms with Gasteiger partial charge in [-0.1, -0.05) is 24.3 Å². The van der Waals surface area contributed by atoms with Crippen LogP contribution in [0.2, 0.25) is 0 Å². The van der Waals surface area contributed by atoms with Gasteiger partial charge in [0.1, 0.15) is 11.6 Å². The number of H-pyrrole nitrogens is 1. The Kier molecular flexibility index (Phi) is 4.95. The van der Waals surface area contributed by atoms with Gasteiger partial charge in [-0.15, -0.1) is 0 Å². The Bertz CT molecular complexity index is 1110. The lowest BCUT2D eigenvalue weighted by molar-refractivity contribution is -0.187. The zero-order valence-corrected chi connectivity index (χ0v) is 17.4. The summed E-state index contributed by atoms with van der Waals surface area (Å²) in [7, 11) is 1.93. The molecule has 160 valence electrons. The van der Waals surface area contributed by atoms with E-state index < -0.39 is 5.60 Å². The number of morpholine rings is 1. The number of carbonyl (C=O) groups excluding carboxylic acids is 2. The first-order valence-corrected chi connectivity index (χ1v) is 10.4. The maximum atomic E-state index is 13.0. The normalized spacial score (nSPS) is 20.5. The van der Waals surface area contributed by atoms with E-state index in [1.807, 2.05) is 53.2 Å². The summed E-state index contributed by atoms with van der Waals surface area (Å²) in [6, 6.07) is 11.2. The third-order valence-corrected chi connectivity index (χ3v) is 6.17. The van der Waals surface area contributed by atoms with Crippen molar-refractivity contribution < 1.29 is 14.3 Å². The SMILES string of the molecule is CN1CC2(CN(C(=O)c3c[nH]c4ccccc34)C2)OC[C@@H]1C(=O)NCc1cccnc1. The summed E-state index contributed by atoms with van der Waals surface area (Å²) in [6.45, 7) is 2.41. The Balaban J connectivity index is 1.17. The van der Waals surface area contributed by atoms with Crippen molar-refractivity contribution in [3.63, 3.8) is 0 Å². The van der Waals surface area contributed by atoms with Crippen LogP contribution in [0.4, 0.5) is 0 Å². The monoisotopic (exact) mass is 419 g/mol. The molecule has 0 radical (unpaired) electrons. The predicted octanol–water partition coefficient (Wildman–Crippen LogP) is 1.40. The van der Waals surface area contributed by atoms with Gasteiger partial charge >= 0.3 is 0 Å². The number of nitrogens with one attached hydrogen (secondary N) is 2. The molecule has 8 nitrogen and oxygen atoms in total. The number of fused-ring (bicyclic) bond motifs is 1. The van der Waals surface area contributed by atoms with E-state index in [1.54, 1.807) is 18.6 Å². The van der Waals surface area contributed by atoms with E-state index in [4.69, 9.17) is 4.74 Å². The molecule has 2 saturated heterocycles. The van der Waals surface area contributed by atoms with Crippen LogP contribution in [0.15, 0.2) is 55.0 Å². The molecule has 0 aliphatic carbocycles. The molecule has 2 aliphatic heterocycles. The van der Waals surface area contributed by atoms with Crippen LogP contribution >= 0.6 is 0 Å². The van der Waals surface area contributed by atoms with E-state index in [0.717, 1.165) is 16.5 Å². The van der Waals surface area contributed by atoms with Crippen molar-refractivity contribution in [3.05, 3.63) is 66.1 Å². The number of aromatic amines is 1. The average Bonchev–Trinajstić information content (AvgIpc) is 3.20. The number of likely N-dealkylation sites (tertiary alicyclic amines) is 1. The van der Waals surface area contributed by atoms with Crippen molar-refractivity contribution in [1.29, 1.82) is 0 Å². The van der Waals surface area contributed by atoms with Crippen molar-refractivity contribution in [1.82, 2.24) is 25.1 Å². The maximum Gasteiger partial charge on any atom is 0.256 e. The number of pyridine rings is 1. The van der Waals surface area contributed by atoms with Gasteiger partial charge in [-0.3, -0.25) is 19.5 Å². The smallest absolute Gasteiger partial charge is 0.256 e. The van der Waals surface area contributed by atoms with Gasteiger partial charge < -0.3 is 19.9 Å². The summed E-state index contributed by atoms with van der Waals surface area (Å²) >= 11 is 0. The number of benzene rings is 1. The first kappa shape index (κ1) is 19.7. The van der Waals surface area contributed by atoms with Crippen LogP contribution in [-0.2, 0) is 16.1 Å². The first-order chi connectivity index (χ1) is 15.0. The molecule has 8 heteroatoms. The Morgan fingerprint density at radius 2 is 2.06 bits per heavy atom. The highest BCUT2D eigenvalue weighted by Crippen LogP contribution is 2.32. The predicted molar refractivity (Wildman–Crippen MR) is 115 cm³/mol. The minimum atomic E-state index is -0.406. The minimum absolute atomic E-state index is 0.00525. The number of aromatic nitrogens is 2. The number of hydrogen-bond donors (Lipinski definition) is 2. The Labute approximate surface area is 180 Å². The number of para-hydroxylation sites is 1. The largest absolute Gasteiger partial charge is 0.368 e. The summed E-state index contributed by atoms with van der Waals surface area (Å²) in [5.74, 6) is -0.0575. The molecule has 2 amide bonds. The number of likely N-dealkylation sites (N-methyl/N-ethyl adjacent to an activating group) is 1. The molecule has 2 aliphatic rings. The van der Waals surface area contributed by atoms with Gasteiger partial charge in [-0.25, -0.2) is 0 Å². The van der Waals surface area contributed by atoms with E-state index >= 15 is 0 Å². The van der Waals surface area contributed by atoms with E-state index in [0.29, 0.717) is 38.3 Å². The van der Waals surface area contributed by atoms with E-state index in [1.165, 1.54) is 0 Å². The minimum Gasteiger partial charge on any atom is -0.368 e. The second kappa shape index (κ2) is 7.79. The molecule has 31 heavy (non-hydrogen) atoms. The third kappa shape index (κ3) is 3.68. The highest BCUT2D eigenvalue weighted by molar-refractivity contribution is 6.07. The molecule has 1 spiro atoms. The lowest BCUT2D eigenvalue weighted by atomic mass is 9.90. The lowest BCUT2D eigenvalue weighted by Crippen LogP contribution is -2.73. The van der Waals surface area contributed by atoms with Gasteiger partial charge in [-0.2, -0.15) is 0 Å². The van der Waals surface area contributed by atoms with E-state index in [-0.39, 0.29) is 17.9 Å². The molecule has 2 fully saturated rings. The maximum absolute atomic E-state index is 13.0. The third-order valence-electron chi connectivity index (χ3n) is 6.17. The Morgan fingerprint density at radius 3 is 2.84 bits per heavy atom. The van der Waals surface area contributed by atoms with Crippen LogP contribution in [0, 0.1) is 0 Å². The number of ether oxygens (including phenoxy) is 1. The second-order valence-electron chi connectivity index (χ2n) is 8.41. The van der Waals surface area contributed by atoms with Crippen molar-refractivity contribution in [2.45, 2.75) is 18.2 Å². The molecule has 4 heterocycles. The standard InChI is InChI=1S/C23H25N5O3/c1-27-13-23(31-12-20(27)21(29)26-10-16-5-4-8-24-9-16)14-28(15-23)22(30)18-11-25-19-7-3-2-6-17(18)19/h2-9,11,20,25H,10,12-15H2,1H3,(H,26,29)/t20-/m1/s1. The average molecular weight is 419 g/mol. The fourth-order valence-electron chi connectivity index (χ4n) is 4.48. The van der Waals surface area contributed by atoms with Crippen LogP contribution in [0.5, 0.6) is 0 Å². The molecule has 0 unspecified atom stereocenters. The van der Waals surface area contributed by atoms with Crippen LogP contribution < -0.4 is 5.32 Å².